The molecule has 2 rings (SSSR count). The number of hydrogen-bond acceptors (Lipinski definition) is 2. The molecule has 3 heteroatoms. The van der Waals surface area contributed by atoms with Crippen LogP contribution in [-0.2, 0) is 4.79 Å². The van der Waals surface area contributed by atoms with E-state index in [-0.39, 0.29) is 11.8 Å². The minimum Gasteiger partial charge on any atom is -0.378 e. The Labute approximate surface area is 90.1 Å². The van der Waals surface area contributed by atoms with Gasteiger partial charge in [-0.3, -0.25) is 4.79 Å². The molecule has 1 aromatic rings. The Hall–Kier alpha value is -1.51. The van der Waals surface area contributed by atoms with Crippen molar-refractivity contribution in [1.29, 1.82) is 0 Å². The van der Waals surface area contributed by atoms with Crippen molar-refractivity contribution in [2.45, 2.75) is 12.8 Å². The van der Waals surface area contributed by atoms with Crippen LogP contribution >= 0.6 is 0 Å². The first-order chi connectivity index (χ1) is 7.16. The van der Waals surface area contributed by atoms with Crippen molar-refractivity contribution in [3.05, 3.63) is 24.3 Å². The van der Waals surface area contributed by atoms with Gasteiger partial charge in [-0.25, -0.2) is 0 Å². The third kappa shape index (κ3) is 2.49. The van der Waals surface area contributed by atoms with Crippen LogP contribution in [0, 0.1) is 5.92 Å². The van der Waals surface area contributed by atoms with Crippen molar-refractivity contribution in [2.24, 2.45) is 5.92 Å². The Balaban J connectivity index is 2.00. The molecular weight excluding hydrogens is 188 g/mol. The summed E-state index contributed by atoms with van der Waals surface area (Å²) in [5.74, 6) is 0.422. The third-order valence-electron chi connectivity index (χ3n) is 2.60. The summed E-state index contributed by atoms with van der Waals surface area (Å²) in [5.41, 5.74) is 2.02. The summed E-state index contributed by atoms with van der Waals surface area (Å²) in [7, 11) is 4.00. The second-order valence-electron chi connectivity index (χ2n) is 4.20. The first-order valence-electron chi connectivity index (χ1n) is 5.25. The Morgan fingerprint density at radius 1 is 1.27 bits per heavy atom. The highest BCUT2D eigenvalue weighted by Crippen LogP contribution is 2.30. The largest absolute Gasteiger partial charge is 0.378 e. The summed E-state index contributed by atoms with van der Waals surface area (Å²) in [5, 5.41) is 2.91. The molecular formula is C12H16N2O. The number of carbonyl (C=O) groups excluding carboxylic acids is 1. The fourth-order valence-electron chi connectivity index (χ4n) is 1.43. The highest BCUT2D eigenvalue weighted by Gasteiger charge is 2.29. The first kappa shape index (κ1) is 10.0. The number of amides is 1. The number of rotatable bonds is 3. The van der Waals surface area contributed by atoms with Crippen LogP contribution in [0.15, 0.2) is 24.3 Å². The minimum atomic E-state index is 0.160. The van der Waals surface area contributed by atoms with Crippen LogP contribution in [0.1, 0.15) is 12.8 Å². The number of carbonyl (C=O) groups is 1. The van der Waals surface area contributed by atoms with Crippen molar-refractivity contribution in [3.8, 4) is 0 Å². The van der Waals surface area contributed by atoms with E-state index >= 15 is 0 Å². The van der Waals surface area contributed by atoms with E-state index in [9.17, 15) is 4.79 Å². The van der Waals surface area contributed by atoms with Gasteiger partial charge in [-0.05, 0) is 37.1 Å². The number of benzene rings is 1. The van der Waals surface area contributed by atoms with E-state index in [1.54, 1.807) is 0 Å². The molecule has 1 aromatic carbocycles. The highest BCUT2D eigenvalue weighted by atomic mass is 16.2. The van der Waals surface area contributed by atoms with E-state index < -0.39 is 0 Å². The Bertz CT molecular complexity index is 352. The molecule has 80 valence electrons. The van der Waals surface area contributed by atoms with Crippen molar-refractivity contribution in [3.63, 3.8) is 0 Å². The van der Waals surface area contributed by atoms with Gasteiger partial charge in [0.25, 0.3) is 0 Å². The molecule has 1 saturated carbocycles. The molecule has 1 N–H and O–H groups in total. The lowest BCUT2D eigenvalue weighted by atomic mass is 10.2. The molecule has 0 saturated heterocycles. The van der Waals surface area contributed by atoms with Gasteiger partial charge in [0.15, 0.2) is 0 Å². The molecule has 0 aliphatic heterocycles. The monoisotopic (exact) mass is 204 g/mol. The summed E-state index contributed by atoms with van der Waals surface area (Å²) >= 11 is 0. The summed E-state index contributed by atoms with van der Waals surface area (Å²) in [6.07, 6.45) is 2.09. The zero-order valence-electron chi connectivity index (χ0n) is 9.16. The van der Waals surface area contributed by atoms with Gasteiger partial charge in [-0.15, -0.1) is 0 Å². The Kier molecular flexibility index (Phi) is 2.62. The molecule has 0 spiro atoms. The third-order valence-corrected chi connectivity index (χ3v) is 2.60. The molecule has 0 atom stereocenters. The van der Waals surface area contributed by atoms with Crippen LogP contribution in [0.25, 0.3) is 0 Å². The summed E-state index contributed by atoms with van der Waals surface area (Å²) in [6.45, 7) is 0. The lowest BCUT2D eigenvalue weighted by Crippen LogP contribution is -2.13. The van der Waals surface area contributed by atoms with Crippen molar-refractivity contribution in [2.75, 3.05) is 24.3 Å². The van der Waals surface area contributed by atoms with E-state index in [2.05, 4.69) is 5.32 Å². The predicted molar refractivity (Wildman–Crippen MR) is 62.1 cm³/mol. The maximum absolute atomic E-state index is 11.5. The summed E-state index contributed by atoms with van der Waals surface area (Å²) in [4.78, 5) is 13.5. The van der Waals surface area contributed by atoms with Crippen molar-refractivity contribution < 1.29 is 4.79 Å². The molecule has 1 aliphatic rings. The molecule has 1 aliphatic carbocycles. The Morgan fingerprint density at radius 3 is 2.33 bits per heavy atom. The average Bonchev–Trinajstić information content (AvgIpc) is 3.01. The topological polar surface area (TPSA) is 32.3 Å². The normalized spacial score (nSPS) is 14.8. The van der Waals surface area contributed by atoms with Gasteiger partial charge in [0.2, 0.25) is 5.91 Å². The molecule has 0 aromatic heterocycles. The second kappa shape index (κ2) is 3.93. The van der Waals surface area contributed by atoms with Crippen LogP contribution in [-0.4, -0.2) is 20.0 Å². The minimum absolute atomic E-state index is 0.160. The van der Waals surface area contributed by atoms with E-state index in [1.165, 1.54) is 0 Å². The van der Waals surface area contributed by atoms with Crippen LogP contribution in [0.3, 0.4) is 0 Å². The van der Waals surface area contributed by atoms with Gasteiger partial charge in [0, 0.05) is 31.4 Å². The molecule has 0 bridgehead atoms. The van der Waals surface area contributed by atoms with Gasteiger partial charge < -0.3 is 10.2 Å². The summed E-state index contributed by atoms with van der Waals surface area (Å²) in [6, 6.07) is 7.89. The van der Waals surface area contributed by atoms with E-state index in [4.69, 9.17) is 0 Å². The van der Waals surface area contributed by atoms with Crippen LogP contribution in [0.5, 0.6) is 0 Å². The van der Waals surface area contributed by atoms with Crippen molar-refractivity contribution in [1.82, 2.24) is 0 Å². The molecule has 0 heterocycles. The summed E-state index contributed by atoms with van der Waals surface area (Å²) < 4.78 is 0. The van der Waals surface area contributed by atoms with Gasteiger partial charge in [-0.2, -0.15) is 0 Å². The second-order valence-corrected chi connectivity index (χ2v) is 4.20. The predicted octanol–water partition coefficient (Wildman–Crippen LogP) is 2.10. The van der Waals surface area contributed by atoms with E-state index in [0.717, 1.165) is 24.2 Å². The molecule has 1 amide bonds. The van der Waals surface area contributed by atoms with E-state index in [0.29, 0.717) is 0 Å². The smallest absolute Gasteiger partial charge is 0.227 e. The SMILES string of the molecule is CN(C)c1ccc(NC(=O)C2CC2)cc1. The number of hydrogen-bond donors (Lipinski definition) is 1. The van der Waals surface area contributed by atoms with Crippen LogP contribution in [0.4, 0.5) is 11.4 Å². The lowest BCUT2D eigenvalue weighted by molar-refractivity contribution is -0.117. The van der Waals surface area contributed by atoms with Crippen LogP contribution < -0.4 is 10.2 Å². The Morgan fingerprint density at radius 2 is 1.87 bits per heavy atom. The highest BCUT2D eigenvalue weighted by molar-refractivity contribution is 5.94. The number of nitrogens with zero attached hydrogens (tertiary/aromatic N) is 1. The van der Waals surface area contributed by atoms with Gasteiger partial charge in [-0.1, -0.05) is 0 Å². The zero-order chi connectivity index (χ0) is 10.8. The maximum atomic E-state index is 11.5. The molecule has 0 radical (unpaired) electrons. The zero-order valence-corrected chi connectivity index (χ0v) is 9.16. The average molecular weight is 204 g/mol. The standard InChI is InChI=1S/C12H16N2O/c1-14(2)11-7-5-10(6-8-11)13-12(15)9-3-4-9/h5-9H,3-4H2,1-2H3,(H,13,15). The van der Waals surface area contributed by atoms with E-state index in [1.807, 2.05) is 43.3 Å². The fourth-order valence-corrected chi connectivity index (χ4v) is 1.43. The number of anilines is 2. The quantitative estimate of drug-likeness (QED) is 0.817. The maximum Gasteiger partial charge on any atom is 0.227 e. The number of nitrogens with one attached hydrogen (secondary N) is 1. The van der Waals surface area contributed by atoms with Gasteiger partial charge in [0.05, 0.1) is 0 Å². The lowest BCUT2D eigenvalue weighted by Gasteiger charge is -2.12. The van der Waals surface area contributed by atoms with Gasteiger partial charge in [0.1, 0.15) is 0 Å². The molecule has 0 unspecified atom stereocenters. The fraction of sp³-hybridized carbons (Fsp3) is 0.417. The molecule has 15 heavy (non-hydrogen) atoms. The molecule has 1 fully saturated rings. The van der Waals surface area contributed by atoms with Crippen LogP contribution in [0.2, 0.25) is 0 Å². The van der Waals surface area contributed by atoms with Crippen molar-refractivity contribution >= 4 is 17.3 Å². The molecule has 3 nitrogen and oxygen atoms in total. The first-order valence-corrected chi connectivity index (χ1v) is 5.25. The van der Waals surface area contributed by atoms with Gasteiger partial charge >= 0.3 is 0 Å².